The average Bonchev–Trinajstić information content (AvgIpc) is 3.32. The van der Waals surface area contributed by atoms with Gasteiger partial charge in [-0.15, -0.1) is 0 Å². The third-order valence-electron chi connectivity index (χ3n) is 8.54. The fourth-order valence-electron chi connectivity index (χ4n) is 6.09. The third kappa shape index (κ3) is 4.50. The number of hydrogen-bond acceptors (Lipinski definition) is 6. The van der Waals surface area contributed by atoms with Crippen LogP contribution >= 0.6 is 0 Å². The van der Waals surface area contributed by atoms with Gasteiger partial charge < -0.3 is 19.7 Å². The predicted octanol–water partition coefficient (Wildman–Crippen LogP) is 4.66. The van der Waals surface area contributed by atoms with E-state index in [4.69, 9.17) is 9.72 Å². The number of hydrogen-bond donors (Lipinski definition) is 2. The first-order chi connectivity index (χ1) is 19.2. The number of fused-ring (bicyclic) bond motifs is 5. The number of benzene rings is 2. The highest BCUT2D eigenvalue weighted by atomic mass is 28.3. The van der Waals surface area contributed by atoms with E-state index in [2.05, 4.69) is 48.7 Å². The number of aliphatic hydroxyl groups is 1. The van der Waals surface area contributed by atoms with Gasteiger partial charge in [-0.05, 0) is 42.3 Å². The van der Waals surface area contributed by atoms with Crippen LogP contribution in [0.25, 0.3) is 22.3 Å². The highest BCUT2D eigenvalue weighted by Crippen LogP contribution is 2.40. The van der Waals surface area contributed by atoms with Crippen molar-refractivity contribution in [1.82, 2.24) is 14.9 Å². The van der Waals surface area contributed by atoms with Crippen LogP contribution in [0.2, 0.25) is 19.1 Å². The van der Waals surface area contributed by atoms with Gasteiger partial charge >= 0.3 is 5.97 Å². The van der Waals surface area contributed by atoms with Crippen molar-refractivity contribution in [2.24, 2.45) is 0 Å². The van der Waals surface area contributed by atoms with E-state index >= 15 is 0 Å². The summed E-state index contributed by atoms with van der Waals surface area (Å²) in [5.74, 6) is -0.703. The molecule has 7 nitrogen and oxygen atoms in total. The monoisotopic (exact) mass is 553 g/mol. The van der Waals surface area contributed by atoms with E-state index in [9.17, 15) is 14.7 Å². The van der Waals surface area contributed by atoms with Crippen LogP contribution in [-0.4, -0.2) is 34.9 Å². The Balaban J connectivity index is 1.35. The molecule has 0 saturated carbocycles. The van der Waals surface area contributed by atoms with Crippen molar-refractivity contribution >= 4 is 24.9 Å². The maximum Gasteiger partial charge on any atom is 0.343 e. The van der Waals surface area contributed by atoms with Crippen LogP contribution in [0, 0.1) is 0 Å². The quantitative estimate of drug-likeness (QED) is 0.215. The molecule has 206 valence electrons. The molecule has 2 aromatic carbocycles. The zero-order valence-electron chi connectivity index (χ0n) is 23.3. The maximum absolute atomic E-state index is 13.7. The van der Waals surface area contributed by atoms with Gasteiger partial charge in [-0.3, -0.25) is 4.79 Å². The molecule has 2 N–H and O–H groups in total. The zero-order valence-corrected chi connectivity index (χ0v) is 24.3. The predicted molar refractivity (Wildman–Crippen MR) is 159 cm³/mol. The Morgan fingerprint density at radius 1 is 1.07 bits per heavy atom. The molecule has 0 amide bonds. The summed E-state index contributed by atoms with van der Waals surface area (Å²) in [5.41, 5.74) is 4.57. The molecule has 40 heavy (non-hydrogen) atoms. The number of cyclic esters (lactones) is 1. The lowest BCUT2D eigenvalue weighted by molar-refractivity contribution is -0.172. The molecule has 0 unspecified atom stereocenters. The molecule has 2 aliphatic rings. The first kappa shape index (κ1) is 26.6. The topological polar surface area (TPSA) is 93.5 Å². The molecule has 0 saturated heterocycles. The minimum Gasteiger partial charge on any atom is -0.458 e. The van der Waals surface area contributed by atoms with Crippen LogP contribution < -0.4 is 10.9 Å². The van der Waals surface area contributed by atoms with E-state index in [1.54, 1.807) is 17.6 Å². The van der Waals surface area contributed by atoms with E-state index < -0.39 is 19.6 Å². The summed E-state index contributed by atoms with van der Waals surface area (Å²) in [6.07, 6.45) is 2.05. The minimum atomic E-state index is -1.83. The number of nitrogens with one attached hydrogen (secondary N) is 1. The Hall–Kier alpha value is -3.59. The van der Waals surface area contributed by atoms with Gasteiger partial charge in [0.2, 0.25) is 0 Å². The van der Waals surface area contributed by atoms with Gasteiger partial charge in [0.1, 0.15) is 6.61 Å². The lowest BCUT2D eigenvalue weighted by Gasteiger charge is -2.31. The third-order valence-corrected chi connectivity index (χ3v) is 11.4. The Morgan fingerprint density at radius 3 is 2.60 bits per heavy atom. The van der Waals surface area contributed by atoms with Gasteiger partial charge in [0.25, 0.3) is 5.56 Å². The SMILES string of the molecule is CC[C@@]1(O)C(=O)OCc2c1cc1n(c2=O)Cc2c-1nc1ccccc1c2CC[Si](C)(C)CNCc1ccccc1. The van der Waals surface area contributed by atoms with Crippen LogP contribution in [0.1, 0.15) is 41.2 Å². The van der Waals surface area contributed by atoms with Crippen molar-refractivity contribution in [2.75, 3.05) is 6.17 Å². The highest BCUT2D eigenvalue weighted by Gasteiger charge is 2.45. The standard InChI is InChI=1S/C32H35N3O4Si/c1-4-32(38)26-16-28-29-24(18-35(28)30(36)25(26)19-39-31(32)37)22(23-12-8-9-13-27(23)34-29)14-15-40(2,3)20-33-17-21-10-6-5-7-11-21/h5-13,16,33,38H,4,14-15,17-20H2,1-3H3/t32-/m0/s1. The van der Waals surface area contributed by atoms with Crippen LogP contribution in [0.15, 0.2) is 65.5 Å². The number of ether oxygens (including phenoxy) is 1. The van der Waals surface area contributed by atoms with Gasteiger partial charge in [0.05, 0.1) is 37.1 Å². The first-order valence-corrected chi connectivity index (χ1v) is 17.5. The number of nitrogens with zero attached hydrogens (tertiary/aromatic N) is 2. The molecular formula is C32H35N3O4Si. The summed E-state index contributed by atoms with van der Waals surface area (Å²) in [4.78, 5) is 31.2. The average molecular weight is 554 g/mol. The van der Waals surface area contributed by atoms with Gasteiger partial charge in [0, 0.05) is 23.1 Å². The molecular weight excluding hydrogens is 518 g/mol. The van der Waals surface area contributed by atoms with Gasteiger partial charge in [-0.1, -0.05) is 74.6 Å². The highest BCUT2D eigenvalue weighted by molar-refractivity contribution is 6.77. The molecule has 4 aromatic rings. The smallest absolute Gasteiger partial charge is 0.343 e. The largest absolute Gasteiger partial charge is 0.458 e. The second kappa shape index (κ2) is 10.1. The number of para-hydroxylation sites is 1. The van der Waals surface area contributed by atoms with Crippen molar-refractivity contribution in [1.29, 1.82) is 0 Å². The Kier molecular flexibility index (Phi) is 6.72. The summed E-state index contributed by atoms with van der Waals surface area (Å²) < 4.78 is 6.97. The lowest BCUT2D eigenvalue weighted by Crippen LogP contribution is -2.44. The Labute approximate surface area is 234 Å². The van der Waals surface area contributed by atoms with E-state index in [0.29, 0.717) is 23.4 Å². The molecule has 0 bridgehead atoms. The molecule has 2 aliphatic heterocycles. The molecule has 6 rings (SSSR count). The molecule has 0 fully saturated rings. The summed E-state index contributed by atoms with van der Waals surface area (Å²) in [7, 11) is -1.59. The maximum atomic E-state index is 13.7. The van der Waals surface area contributed by atoms with E-state index in [1.165, 1.54) is 11.1 Å². The number of rotatable bonds is 8. The van der Waals surface area contributed by atoms with Gasteiger partial charge in [-0.2, -0.15) is 0 Å². The number of aromatic nitrogens is 2. The van der Waals surface area contributed by atoms with Gasteiger partial charge in [0.15, 0.2) is 5.60 Å². The number of pyridine rings is 2. The molecule has 2 aromatic heterocycles. The van der Waals surface area contributed by atoms with Crippen molar-refractivity contribution in [3.63, 3.8) is 0 Å². The van der Waals surface area contributed by atoms with Crippen LogP contribution in [0.3, 0.4) is 0 Å². The number of carbonyl (C=O) groups is 1. The molecule has 1 atom stereocenters. The minimum absolute atomic E-state index is 0.121. The number of carbonyl (C=O) groups excluding carboxylic acids is 1. The second-order valence-corrected chi connectivity index (χ2v) is 17.0. The zero-order chi connectivity index (χ0) is 28.1. The Morgan fingerprint density at radius 2 is 1.82 bits per heavy atom. The fourth-order valence-corrected chi connectivity index (χ4v) is 8.00. The molecule has 0 aliphatic carbocycles. The van der Waals surface area contributed by atoms with Crippen molar-refractivity contribution in [3.05, 3.63) is 98.8 Å². The van der Waals surface area contributed by atoms with Crippen LogP contribution in [0.5, 0.6) is 0 Å². The van der Waals surface area contributed by atoms with Crippen molar-refractivity contribution in [2.45, 2.75) is 64.2 Å². The van der Waals surface area contributed by atoms with E-state index in [0.717, 1.165) is 47.3 Å². The van der Waals surface area contributed by atoms with E-state index in [1.807, 2.05) is 24.3 Å². The van der Waals surface area contributed by atoms with E-state index in [-0.39, 0.29) is 18.6 Å². The molecule has 4 heterocycles. The van der Waals surface area contributed by atoms with Crippen molar-refractivity contribution in [3.8, 4) is 11.4 Å². The summed E-state index contributed by atoms with van der Waals surface area (Å²) in [5, 5.41) is 16.0. The number of aryl methyl sites for hydroxylation is 1. The number of esters is 1. The fraction of sp³-hybridized carbons (Fsp3) is 0.344. The van der Waals surface area contributed by atoms with Crippen LogP contribution in [-0.2, 0) is 41.2 Å². The van der Waals surface area contributed by atoms with Gasteiger partial charge in [-0.25, -0.2) is 9.78 Å². The summed E-state index contributed by atoms with van der Waals surface area (Å²) in [6.45, 7) is 7.74. The normalized spacial score (nSPS) is 17.9. The Bertz CT molecular complexity index is 1680. The second-order valence-electron chi connectivity index (χ2n) is 11.8. The lowest BCUT2D eigenvalue weighted by atomic mass is 9.86. The molecule has 0 spiro atoms. The molecule has 0 radical (unpaired) electrons. The molecule has 8 heteroatoms. The summed E-state index contributed by atoms with van der Waals surface area (Å²) in [6, 6.07) is 21.5. The first-order valence-electron chi connectivity index (χ1n) is 14.0. The van der Waals surface area contributed by atoms with Crippen molar-refractivity contribution < 1.29 is 14.6 Å². The van der Waals surface area contributed by atoms with Crippen LogP contribution in [0.4, 0.5) is 0 Å². The summed E-state index contributed by atoms with van der Waals surface area (Å²) >= 11 is 0.